The van der Waals surface area contributed by atoms with E-state index in [0.29, 0.717) is 5.69 Å². The Bertz CT molecular complexity index is 856. The van der Waals surface area contributed by atoms with E-state index >= 15 is 0 Å². The van der Waals surface area contributed by atoms with Crippen LogP contribution >= 0.6 is 15.9 Å². The number of nitrogens with zero attached hydrogens (tertiary/aromatic N) is 2. The first-order valence-electron chi connectivity index (χ1n) is 7.56. The van der Waals surface area contributed by atoms with Crippen molar-refractivity contribution in [2.75, 3.05) is 6.54 Å². The lowest BCUT2D eigenvalue weighted by Crippen LogP contribution is -2.40. The number of benzene rings is 1. The normalized spacial score (nSPS) is 20.0. The molecule has 3 rings (SSSR count). The summed E-state index contributed by atoms with van der Waals surface area (Å²) in [4.78, 5) is 35.8. The summed E-state index contributed by atoms with van der Waals surface area (Å²) in [7, 11) is 1.77. The number of nitrogens with one attached hydrogen (secondary N) is 1. The quantitative estimate of drug-likeness (QED) is 0.716. The lowest BCUT2D eigenvalue weighted by atomic mass is 10.1. The van der Waals surface area contributed by atoms with Gasteiger partial charge in [0.05, 0.1) is 0 Å². The molecule has 0 bridgehead atoms. The Balaban J connectivity index is 1.81. The number of hydrogen-bond donors (Lipinski definition) is 3. The second-order valence-electron chi connectivity index (χ2n) is 5.96. The Morgan fingerprint density at radius 1 is 1.28 bits per heavy atom. The summed E-state index contributed by atoms with van der Waals surface area (Å²) in [5.74, 6) is -1.58. The molecular formula is C16H16BrN3O5. The molecule has 9 heteroatoms. The number of fused-ring (bicyclic) bond motifs is 1. The van der Waals surface area contributed by atoms with Crippen molar-refractivity contribution < 1.29 is 24.6 Å². The first kappa shape index (κ1) is 17.3. The summed E-state index contributed by atoms with van der Waals surface area (Å²) < 4.78 is 2.61. The van der Waals surface area contributed by atoms with Crippen LogP contribution in [0.15, 0.2) is 28.7 Å². The number of hydrogen-bond acceptors (Lipinski definition) is 3. The Kier molecular flexibility index (Phi) is 4.42. The molecule has 1 aliphatic rings. The van der Waals surface area contributed by atoms with Gasteiger partial charge in [0, 0.05) is 41.4 Å². The molecule has 0 spiro atoms. The van der Waals surface area contributed by atoms with E-state index in [0.717, 1.165) is 20.3 Å². The van der Waals surface area contributed by atoms with Crippen LogP contribution in [0.2, 0.25) is 0 Å². The van der Waals surface area contributed by atoms with Crippen LogP contribution in [0.1, 0.15) is 16.9 Å². The Morgan fingerprint density at radius 3 is 2.56 bits per heavy atom. The van der Waals surface area contributed by atoms with Crippen LogP contribution in [-0.4, -0.2) is 56.3 Å². The Labute approximate surface area is 151 Å². The molecule has 1 aliphatic heterocycles. The van der Waals surface area contributed by atoms with E-state index in [9.17, 15) is 14.4 Å². The molecule has 1 aromatic heterocycles. The average molecular weight is 410 g/mol. The lowest BCUT2D eigenvalue weighted by Gasteiger charge is -2.16. The van der Waals surface area contributed by atoms with Gasteiger partial charge in [0.2, 0.25) is 0 Å². The van der Waals surface area contributed by atoms with Crippen LogP contribution in [0.3, 0.4) is 0 Å². The van der Waals surface area contributed by atoms with Crippen LogP contribution in [0.5, 0.6) is 0 Å². The monoisotopic (exact) mass is 409 g/mol. The highest BCUT2D eigenvalue weighted by Crippen LogP contribution is 2.27. The molecule has 2 heterocycles. The highest BCUT2D eigenvalue weighted by atomic mass is 79.9. The topological polar surface area (TPSA) is 112 Å². The fourth-order valence-corrected chi connectivity index (χ4v) is 3.66. The lowest BCUT2D eigenvalue weighted by molar-refractivity contribution is -0.141. The van der Waals surface area contributed by atoms with Gasteiger partial charge in [-0.2, -0.15) is 0 Å². The minimum atomic E-state index is -1.31. The first-order valence-corrected chi connectivity index (χ1v) is 8.36. The number of likely N-dealkylation sites (tertiary alicyclic amines) is 1. The minimum absolute atomic E-state index is 0.0427. The van der Waals surface area contributed by atoms with Gasteiger partial charge in [0.15, 0.2) is 0 Å². The van der Waals surface area contributed by atoms with Crippen LogP contribution in [0.4, 0.5) is 4.79 Å². The fourth-order valence-electron chi connectivity index (χ4n) is 3.19. The number of aliphatic carboxylic acids is 1. The molecule has 0 aliphatic carbocycles. The molecule has 2 atom stereocenters. The molecule has 8 nitrogen and oxygen atoms in total. The van der Waals surface area contributed by atoms with Crippen molar-refractivity contribution >= 4 is 44.8 Å². The smallest absolute Gasteiger partial charge is 0.408 e. The highest BCUT2D eigenvalue weighted by Gasteiger charge is 2.40. The summed E-state index contributed by atoms with van der Waals surface area (Å²) in [6, 6.07) is 5.68. The average Bonchev–Trinajstić information content (AvgIpc) is 3.11. The minimum Gasteiger partial charge on any atom is -0.480 e. The summed E-state index contributed by atoms with van der Waals surface area (Å²) >= 11 is 3.45. The molecule has 0 unspecified atom stereocenters. The van der Waals surface area contributed by atoms with Crippen molar-refractivity contribution in [1.29, 1.82) is 0 Å². The van der Waals surface area contributed by atoms with Crippen molar-refractivity contribution in [3.63, 3.8) is 0 Å². The SMILES string of the molecule is Cn1c(C(=O)N[C@@H]2C[C@@H](C(=O)O)N(C(=O)O)C2)cc2c(Br)cccc21. The molecule has 0 radical (unpaired) electrons. The second-order valence-corrected chi connectivity index (χ2v) is 6.81. The van der Waals surface area contributed by atoms with Crippen LogP contribution in [0.25, 0.3) is 10.9 Å². The standard InChI is InChI=1S/C16H16BrN3O5/c1-19-11-4-2-3-10(17)9(11)6-12(19)14(21)18-8-5-13(15(22)23)20(7-8)16(24)25/h2-4,6,8,13H,5,7H2,1H3,(H,18,21)(H,22,23)(H,24,25)/t8-,13+/m1/s1. The number of rotatable bonds is 3. The third-order valence-electron chi connectivity index (χ3n) is 4.43. The van der Waals surface area contributed by atoms with Gasteiger partial charge in [-0.05, 0) is 18.2 Å². The zero-order valence-electron chi connectivity index (χ0n) is 13.3. The van der Waals surface area contributed by atoms with Gasteiger partial charge in [-0.25, -0.2) is 9.59 Å². The molecule has 132 valence electrons. The number of halogens is 1. The zero-order valence-corrected chi connectivity index (χ0v) is 14.9. The maximum Gasteiger partial charge on any atom is 0.408 e. The van der Waals surface area contributed by atoms with Crippen molar-refractivity contribution in [1.82, 2.24) is 14.8 Å². The van der Waals surface area contributed by atoms with Crippen molar-refractivity contribution in [3.8, 4) is 0 Å². The van der Waals surface area contributed by atoms with Crippen LogP contribution < -0.4 is 5.32 Å². The van der Waals surface area contributed by atoms with Crippen molar-refractivity contribution in [2.24, 2.45) is 7.05 Å². The third-order valence-corrected chi connectivity index (χ3v) is 5.12. The van der Waals surface area contributed by atoms with E-state index in [4.69, 9.17) is 10.2 Å². The molecule has 1 saturated heterocycles. The van der Waals surface area contributed by atoms with E-state index in [-0.39, 0.29) is 18.9 Å². The maximum atomic E-state index is 12.6. The van der Waals surface area contributed by atoms with E-state index in [2.05, 4.69) is 21.2 Å². The van der Waals surface area contributed by atoms with Gasteiger partial charge < -0.3 is 20.1 Å². The Morgan fingerprint density at radius 2 is 2.00 bits per heavy atom. The van der Waals surface area contributed by atoms with Gasteiger partial charge in [0.25, 0.3) is 5.91 Å². The number of aromatic nitrogens is 1. The number of carboxylic acids is 1. The molecule has 2 aromatic rings. The zero-order chi connectivity index (χ0) is 18.3. The number of carboxylic acid groups (broad SMARTS) is 2. The number of amides is 2. The van der Waals surface area contributed by atoms with E-state index in [1.54, 1.807) is 17.7 Å². The number of aryl methyl sites for hydroxylation is 1. The molecule has 1 aromatic carbocycles. The number of carbonyl (C=O) groups is 3. The van der Waals surface area contributed by atoms with Crippen LogP contribution in [0, 0.1) is 0 Å². The van der Waals surface area contributed by atoms with E-state index in [1.165, 1.54) is 0 Å². The van der Waals surface area contributed by atoms with E-state index < -0.39 is 24.1 Å². The summed E-state index contributed by atoms with van der Waals surface area (Å²) in [6.45, 7) is -0.0499. The molecule has 1 fully saturated rings. The van der Waals surface area contributed by atoms with Crippen molar-refractivity contribution in [2.45, 2.75) is 18.5 Å². The van der Waals surface area contributed by atoms with Gasteiger partial charge >= 0.3 is 12.1 Å². The second kappa shape index (κ2) is 6.40. The molecule has 3 N–H and O–H groups in total. The third kappa shape index (κ3) is 3.07. The number of carbonyl (C=O) groups excluding carboxylic acids is 1. The molecule has 2 amide bonds. The summed E-state index contributed by atoms with van der Waals surface area (Å²) in [5.41, 5.74) is 1.30. The van der Waals surface area contributed by atoms with Crippen molar-refractivity contribution in [3.05, 3.63) is 34.4 Å². The van der Waals surface area contributed by atoms with E-state index in [1.807, 2.05) is 18.2 Å². The predicted octanol–water partition coefficient (Wildman–Crippen LogP) is 1.88. The predicted molar refractivity (Wildman–Crippen MR) is 92.6 cm³/mol. The first-order chi connectivity index (χ1) is 11.8. The molecule has 25 heavy (non-hydrogen) atoms. The van der Waals surface area contributed by atoms with Gasteiger partial charge in [-0.15, -0.1) is 0 Å². The fraction of sp³-hybridized carbons (Fsp3) is 0.312. The summed E-state index contributed by atoms with van der Waals surface area (Å²) in [6.07, 6.45) is -1.27. The Hall–Kier alpha value is -2.55. The molecular weight excluding hydrogens is 394 g/mol. The highest BCUT2D eigenvalue weighted by molar-refractivity contribution is 9.10. The van der Waals surface area contributed by atoms with Gasteiger partial charge in [-0.3, -0.25) is 9.69 Å². The largest absolute Gasteiger partial charge is 0.480 e. The van der Waals surface area contributed by atoms with Gasteiger partial charge in [-0.1, -0.05) is 22.0 Å². The van der Waals surface area contributed by atoms with Gasteiger partial charge in [0.1, 0.15) is 11.7 Å². The van der Waals surface area contributed by atoms with Crippen LogP contribution in [-0.2, 0) is 11.8 Å². The summed E-state index contributed by atoms with van der Waals surface area (Å²) in [5, 5.41) is 21.9. The molecule has 0 saturated carbocycles. The maximum absolute atomic E-state index is 12.6.